The summed E-state index contributed by atoms with van der Waals surface area (Å²) < 4.78 is 0.982. The fraction of sp³-hybridized carbons (Fsp3) is 0.615. The highest BCUT2D eigenvalue weighted by Gasteiger charge is 2.20. The van der Waals surface area contributed by atoms with Gasteiger partial charge in [-0.3, -0.25) is 4.79 Å². The lowest BCUT2D eigenvalue weighted by molar-refractivity contribution is 0.0953. The highest BCUT2D eigenvalue weighted by atomic mass is 79.9. The van der Waals surface area contributed by atoms with Crippen LogP contribution in [0.3, 0.4) is 0 Å². The fourth-order valence-electron chi connectivity index (χ4n) is 2.42. The zero-order chi connectivity index (χ0) is 11.5. The minimum atomic E-state index is 0.330. The number of Topliss-reactive ketones (excluding diaryl/α,β-unsaturated/α-hetero) is 1. The molecule has 1 aromatic rings. The molecule has 0 unspecified atom stereocenters. The largest absolute Gasteiger partial charge is 0.293 e. The van der Waals surface area contributed by atoms with E-state index in [9.17, 15) is 4.79 Å². The van der Waals surface area contributed by atoms with Crippen LogP contribution in [0.25, 0.3) is 0 Å². The van der Waals surface area contributed by atoms with E-state index in [4.69, 9.17) is 0 Å². The van der Waals surface area contributed by atoms with Gasteiger partial charge < -0.3 is 0 Å². The Kier molecular flexibility index (Phi) is 4.20. The lowest BCUT2D eigenvalue weighted by Crippen LogP contribution is -2.11. The maximum atomic E-state index is 12.1. The second-order valence-corrected chi connectivity index (χ2v) is 6.78. The molecule has 1 aliphatic rings. The van der Waals surface area contributed by atoms with Crippen LogP contribution >= 0.6 is 27.3 Å². The average Bonchev–Trinajstić information content (AvgIpc) is 2.59. The maximum Gasteiger partial charge on any atom is 0.174 e. The van der Waals surface area contributed by atoms with Crippen LogP contribution in [0.2, 0.25) is 0 Å². The van der Waals surface area contributed by atoms with Gasteiger partial charge in [0.05, 0.1) is 4.88 Å². The molecular weight excluding hydrogens is 284 g/mol. The summed E-state index contributed by atoms with van der Waals surface area (Å²) in [5.74, 6) is 0.965. The number of hydrogen-bond donors (Lipinski definition) is 0. The Morgan fingerprint density at radius 1 is 1.44 bits per heavy atom. The van der Waals surface area contributed by atoms with Crippen LogP contribution < -0.4 is 0 Å². The summed E-state index contributed by atoms with van der Waals surface area (Å²) in [7, 11) is 0. The van der Waals surface area contributed by atoms with E-state index in [1.165, 1.54) is 37.0 Å². The fourth-order valence-corrected chi connectivity index (χ4v) is 4.23. The van der Waals surface area contributed by atoms with Crippen molar-refractivity contribution in [1.29, 1.82) is 0 Å². The number of thiophene rings is 1. The average molecular weight is 301 g/mol. The number of carbonyl (C=O) groups excluding carboxylic acids is 1. The summed E-state index contributed by atoms with van der Waals surface area (Å²) in [5.41, 5.74) is 0. The predicted molar refractivity (Wildman–Crippen MR) is 72.3 cm³/mol. The maximum absolute atomic E-state index is 12.1. The van der Waals surface area contributed by atoms with E-state index in [0.717, 1.165) is 15.8 Å². The summed E-state index contributed by atoms with van der Waals surface area (Å²) in [4.78, 5) is 14.3. The minimum absolute atomic E-state index is 0.330. The van der Waals surface area contributed by atoms with Crippen molar-refractivity contribution in [2.45, 2.75) is 45.4 Å². The summed E-state index contributed by atoms with van der Waals surface area (Å²) in [6, 6.07) is 2.04. The Morgan fingerprint density at radius 3 is 2.69 bits per heavy atom. The highest BCUT2D eigenvalue weighted by Crippen LogP contribution is 2.32. The summed E-state index contributed by atoms with van der Waals surface area (Å²) >= 11 is 5.09. The smallest absolute Gasteiger partial charge is 0.174 e. The van der Waals surface area contributed by atoms with Gasteiger partial charge in [-0.05, 0) is 34.8 Å². The topological polar surface area (TPSA) is 17.1 Å². The monoisotopic (exact) mass is 300 g/mol. The first-order chi connectivity index (χ1) is 7.66. The second-order valence-electron chi connectivity index (χ2n) is 4.67. The molecule has 0 saturated heterocycles. The molecule has 1 nitrogen and oxygen atoms in total. The molecule has 1 heterocycles. The zero-order valence-electron chi connectivity index (χ0n) is 9.59. The predicted octanol–water partition coefficient (Wildman–Crippen LogP) is 4.97. The van der Waals surface area contributed by atoms with Gasteiger partial charge in [-0.1, -0.05) is 32.1 Å². The van der Waals surface area contributed by atoms with Gasteiger partial charge in [0, 0.05) is 15.8 Å². The standard InChI is InChI=1S/C13H17BrOS/c1-9-7-11(14)13(16-9)12(15)8-10-5-3-2-4-6-10/h7,10H,2-6,8H2,1H3. The van der Waals surface area contributed by atoms with E-state index in [2.05, 4.69) is 15.9 Å². The first-order valence-electron chi connectivity index (χ1n) is 5.96. The van der Waals surface area contributed by atoms with Crippen molar-refractivity contribution in [3.8, 4) is 0 Å². The normalized spacial score (nSPS) is 17.6. The molecule has 0 aliphatic heterocycles. The molecule has 16 heavy (non-hydrogen) atoms. The Bertz CT molecular complexity index is 377. The molecule has 1 saturated carbocycles. The summed E-state index contributed by atoms with van der Waals surface area (Å²) in [6.07, 6.45) is 7.21. The number of hydrogen-bond acceptors (Lipinski definition) is 2. The number of ketones is 1. The zero-order valence-corrected chi connectivity index (χ0v) is 12.0. The van der Waals surface area contributed by atoms with Gasteiger partial charge in [0.2, 0.25) is 0 Å². The lowest BCUT2D eigenvalue weighted by Gasteiger charge is -2.20. The SMILES string of the molecule is Cc1cc(Br)c(C(=O)CC2CCCCC2)s1. The summed E-state index contributed by atoms with van der Waals surface area (Å²) in [6.45, 7) is 2.05. The van der Waals surface area contributed by atoms with Crippen molar-refractivity contribution in [2.24, 2.45) is 5.92 Å². The van der Waals surface area contributed by atoms with Crippen LogP contribution in [-0.4, -0.2) is 5.78 Å². The third-order valence-electron chi connectivity index (χ3n) is 3.26. The van der Waals surface area contributed by atoms with Gasteiger partial charge in [0.1, 0.15) is 0 Å². The van der Waals surface area contributed by atoms with Gasteiger partial charge >= 0.3 is 0 Å². The van der Waals surface area contributed by atoms with Gasteiger partial charge in [-0.25, -0.2) is 0 Å². The summed E-state index contributed by atoms with van der Waals surface area (Å²) in [5, 5.41) is 0. The number of rotatable bonds is 3. The van der Waals surface area contributed by atoms with Crippen molar-refractivity contribution in [1.82, 2.24) is 0 Å². The van der Waals surface area contributed by atoms with Gasteiger partial charge in [-0.2, -0.15) is 0 Å². The minimum Gasteiger partial charge on any atom is -0.293 e. The van der Waals surface area contributed by atoms with Crippen LogP contribution in [0.5, 0.6) is 0 Å². The van der Waals surface area contributed by atoms with Crippen molar-refractivity contribution < 1.29 is 4.79 Å². The molecule has 0 radical (unpaired) electrons. The molecule has 3 heteroatoms. The quantitative estimate of drug-likeness (QED) is 0.720. The molecule has 0 amide bonds. The van der Waals surface area contributed by atoms with Crippen LogP contribution in [0, 0.1) is 12.8 Å². The number of halogens is 1. The molecule has 0 bridgehead atoms. The van der Waals surface area contributed by atoms with E-state index in [-0.39, 0.29) is 0 Å². The van der Waals surface area contributed by atoms with Gasteiger partial charge in [0.15, 0.2) is 5.78 Å². The van der Waals surface area contributed by atoms with Crippen molar-refractivity contribution >= 4 is 33.0 Å². The van der Waals surface area contributed by atoms with E-state index < -0.39 is 0 Å². The van der Waals surface area contributed by atoms with Crippen molar-refractivity contribution in [2.75, 3.05) is 0 Å². The van der Waals surface area contributed by atoms with Gasteiger partial charge in [0.25, 0.3) is 0 Å². The van der Waals surface area contributed by atoms with E-state index >= 15 is 0 Å². The van der Waals surface area contributed by atoms with Crippen molar-refractivity contribution in [3.05, 3.63) is 20.3 Å². The second kappa shape index (κ2) is 5.46. The number of carbonyl (C=O) groups is 1. The molecule has 1 aromatic heterocycles. The van der Waals surface area contributed by atoms with E-state index in [0.29, 0.717) is 11.7 Å². The molecule has 1 aliphatic carbocycles. The molecule has 0 atom stereocenters. The first kappa shape index (κ1) is 12.3. The van der Waals surface area contributed by atoms with Crippen molar-refractivity contribution in [3.63, 3.8) is 0 Å². The Balaban J connectivity index is 1.99. The third-order valence-corrected chi connectivity index (χ3v) is 5.24. The van der Waals surface area contributed by atoms with Crippen LogP contribution in [0.15, 0.2) is 10.5 Å². The van der Waals surface area contributed by atoms with E-state index in [1.54, 1.807) is 11.3 Å². The first-order valence-corrected chi connectivity index (χ1v) is 7.57. The Morgan fingerprint density at radius 2 is 2.12 bits per heavy atom. The van der Waals surface area contributed by atoms with Crippen LogP contribution in [0.4, 0.5) is 0 Å². The molecule has 88 valence electrons. The molecule has 2 rings (SSSR count). The van der Waals surface area contributed by atoms with Gasteiger partial charge in [-0.15, -0.1) is 11.3 Å². The van der Waals surface area contributed by atoms with E-state index in [1.807, 2.05) is 13.0 Å². The Labute approximate surface area is 109 Å². The molecule has 0 aromatic carbocycles. The highest BCUT2D eigenvalue weighted by molar-refractivity contribution is 9.10. The molecular formula is C13H17BrOS. The molecule has 0 N–H and O–H groups in total. The molecule has 1 fully saturated rings. The molecule has 0 spiro atoms. The van der Waals surface area contributed by atoms with Crippen LogP contribution in [-0.2, 0) is 0 Å². The third kappa shape index (κ3) is 2.95. The number of aryl methyl sites for hydroxylation is 1. The lowest BCUT2D eigenvalue weighted by atomic mass is 9.85. The van der Waals surface area contributed by atoms with Crippen LogP contribution in [0.1, 0.15) is 53.1 Å². The Hall–Kier alpha value is -0.150.